The molecule has 1 rings (SSSR count). The van der Waals surface area contributed by atoms with Gasteiger partial charge < -0.3 is 20.7 Å². The number of nitrogens with one attached hydrogen (secondary N) is 3. The summed E-state index contributed by atoms with van der Waals surface area (Å²) in [7, 11) is 1.64. The minimum absolute atomic E-state index is 0.0816. The van der Waals surface area contributed by atoms with E-state index in [9.17, 15) is 4.79 Å². The lowest BCUT2D eigenvalue weighted by molar-refractivity contribution is 0.0948. The van der Waals surface area contributed by atoms with Crippen LogP contribution in [0.1, 0.15) is 23.7 Å². The van der Waals surface area contributed by atoms with Crippen molar-refractivity contribution in [1.82, 2.24) is 10.6 Å². The second-order valence-electron chi connectivity index (χ2n) is 4.16. The highest BCUT2D eigenvalue weighted by Crippen LogP contribution is 2.09. The maximum atomic E-state index is 11.8. The number of anilines is 1. The SMILES string of the molecule is CCNC(=S)Nc1ccc(C(=O)NCCCOC)cc1. The Morgan fingerprint density at radius 2 is 1.95 bits per heavy atom. The topological polar surface area (TPSA) is 62.4 Å². The van der Waals surface area contributed by atoms with Crippen LogP contribution in [0.5, 0.6) is 0 Å². The number of carbonyl (C=O) groups is 1. The largest absolute Gasteiger partial charge is 0.385 e. The molecule has 0 aromatic heterocycles. The molecule has 0 fully saturated rings. The molecule has 0 unspecified atom stereocenters. The van der Waals surface area contributed by atoms with Gasteiger partial charge in [-0.1, -0.05) is 0 Å². The summed E-state index contributed by atoms with van der Waals surface area (Å²) in [5.41, 5.74) is 1.48. The van der Waals surface area contributed by atoms with E-state index in [1.165, 1.54) is 0 Å². The molecule has 110 valence electrons. The Labute approximate surface area is 125 Å². The van der Waals surface area contributed by atoms with E-state index in [1.807, 2.05) is 19.1 Å². The maximum Gasteiger partial charge on any atom is 0.251 e. The van der Waals surface area contributed by atoms with Gasteiger partial charge in [-0.3, -0.25) is 4.79 Å². The van der Waals surface area contributed by atoms with Gasteiger partial charge in [0.15, 0.2) is 5.11 Å². The van der Waals surface area contributed by atoms with Crippen LogP contribution in [0, 0.1) is 0 Å². The molecule has 0 bridgehead atoms. The van der Waals surface area contributed by atoms with E-state index >= 15 is 0 Å². The van der Waals surface area contributed by atoms with Crippen molar-refractivity contribution in [3.63, 3.8) is 0 Å². The van der Waals surface area contributed by atoms with Gasteiger partial charge in [0.2, 0.25) is 0 Å². The molecule has 0 aliphatic rings. The van der Waals surface area contributed by atoms with Crippen LogP contribution in [-0.2, 0) is 4.74 Å². The zero-order valence-corrected chi connectivity index (χ0v) is 12.7. The molecular formula is C14H21N3O2S. The predicted molar refractivity (Wildman–Crippen MR) is 85.2 cm³/mol. The zero-order valence-electron chi connectivity index (χ0n) is 11.9. The van der Waals surface area contributed by atoms with Crippen LogP contribution in [0.3, 0.4) is 0 Å². The van der Waals surface area contributed by atoms with Gasteiger partial charge in [0.05, 0.1) is 0 Å². The number of amides is 1. The number of rotatable bonds is 7. The molecule has 0 heterocycles. The first-order chi connectivity index (χ1) is 9.67. The fourth-order valence-corrected chi connectivity index (χ4v) is 1.82. The van der Waals surface area contributed by atoms with Crippen LogP contribution in [0.4, 0.5) is 5.69 Å². The van der Waals surface area contributed by atoms with E-state index in [0.717, 1.165) is 18.7 Å². The number of ether oxygens (including phenoxy) is 1. The summed E-state index contributed by atoms with van der Waals surface area (Å²) in [5.74, 6) is -0.0816. The molecular weight excluding hydrogens is 274 g/mol. The van der Waals surface area contributed by atoms with Crippen molar-refractivity contribution >= 4 is 28.9 Å². The molecule has 0 radical (unpaired) electrons. The Hall–Kier alpha value is -1.66. The zero-order chi connectivity index (χ0) is 14.8. The Bertz CT molecular complexity index is 435. The highest BCUT2D eigenvalue weighted by Gasteiger charge is 2.04. The number of carbonyl (C=O) groups excluding carboxylic acids is 1. The van der Waals surface area contributed by atoms with Crippen LogP contribution in [0.15, 0.2) is 24.3 Å². The van der Waals surface area contributed by atoms with Crippen LogP contribution in [0.2, 0.25) is 0 Å². The molecule has 0 aliphatic heterocycles. The van der Waals surface area contributed by atoms with Gasteiger partial charge in [0.25, 0.3) is 5.91 Å². The van der Waals surface area contributed by atoms with Crippen LogP contribution in [-0.4, -0.2) is 37.8 Å². The second-order valence-corrected chi connectivity index (χ2v) is 4.57. The van der Waals surface area contributed by atoms with E-state index in [2.05, 4.69) is 16.0 Å². The number of benzene rings is 1. The van der Waals surface area contributed by atoms with Crippen molar-refractivity contribution in [2.75, 3.05) is 32.1 Å². The molecule has 20 heavy (non-hydrogen) atoms. The molecule has 0 saturated heterocycles. The quantitative estimate of drug-likeness (QED) is 0.528. The summed E-state index contributed by atoms with van der Waals surface area (Å²) in [4.78, 5) is 11.8. The molecule has 5 nitrogen and oxygen atoms in total. The Kier molecular flexibility index (Phi) is 7.60. The third kappa shape index (κ3) is 5.99. The number of methoxy groups -OCH3 is 1. The molecule has 0 atom stereocenters. The fourth-order valence-electron chi connectivity index (χ4n) is 1.56. The van der Waals surface area contributed by atoms with Crippen molar-refractivity contribution in [2.24, 2.45) is 0 Å². The van der Waals surface area contributed by atoms with Gasteiger partial charge in [-0.2, -0.15) is 0 Å². The minimum Gasteiger partial charge on any atom is -0.385 e. The van der Waals surface area contributed by atoms with Crippen LogP contribution in [0.25, 0.3) is 0 Å². The van der Waals surface area contributed by atoms with Crippen molar-refractivity contribution in [3.05, 3.63) is 29.8 Å². The van der Waals surface area contributed by atoms with E-state index in [4.69, 9.17) is 17.0 Å². The normalized spacial score (nSPS) is 9.90. The summed E-state index contributed by atoms with van der Waals surface area (Å²) in [6.45, 7) is 4.00. The van der Waals surface area contributed by atoms with Crippen LogP contribution >= 0.6 is 12.2 Å². The van der Waals surface area contributed by atoms with E-state index in [0.29, 0.717) is 23.8 Å². The van der Waals surface area contributed by atoms with Gasteiger partial charge in [-0.05, 0) is 49.8 Å². The minimum atomic E-state index is -0.0816. The summed E-state index contributed by atoms with van der Waals surface area (Å²) < 4.78 is 4.92. The first kappa shape index (κ1) is 16.4. The lowest BCUT2D eigenvalue weighted by Crippen LogP contribution is -2.28. The molecule has 0 saturated carbocycles. The Morgan fingerprint density at radius 1 is 1.25 bits per heavy atom. The van der Waals surface area contributed by atoms with E-state index in [-0.39, 0.29) is 5.91 Å². The van der Waals surface area contributed by atoms with E-state index in [1.54, 1.807) is 19.2 Å². The molecule has 3 N–H and O–H groups in total. The smallest absolute Gasteiger partial charge is 0.251 e. The lowest BCUT2D eigenvalue weighted by Gasteiger charge is -2.09. The highest BCUT2D eigenvalue weighted by molar-refractivity contribution is 7.80. The first-order valence-corrected chi connectivity index (χ1v) is 7.00. The monoisotopic (exact) mass is 295 g/mol. The summed E-state index contributed by atoms with van der Waals surface area (Å²) in [6.07, 6.45) is 0.804. The van der Waals surface area contributed by atoms with Crippen molar-refractivity contribution in [2.45, 2.75) is 13.3 Å². The molecule has 6 heteroatoms. The van der Waals surface area contributed by atoms with Gasteiger partial charge >= 0.3 is 0 Å². The standard InChI is InChI=1S/C14H21N3O2S/c1-3-15-14(20)17-12-7-5-11(6-8-12)13(18)16-9-4-10-19-2/h5-8H,3-4,9-10H2,1-2H3,(H,16,18)(H2,15,17,20). The van der Waals surface area contributed by atoms with Gasteiger partial charge in [-0.15, -0.1) is 0 Å². The van der Waals surface area contributed by atoms with Gasteiger partial charge in [0, 0.05) is 38.1 Å². The van der Waals surface area contributed by atoms with Gasteiger partial charge in [0.1, 0.15) is 0 Å². The second kappa shape index (κ2) is 9.28. The average molecular weight is 295 g/mol. The molecule has 1 aromatic rings. The van der Waals surface area contributed by atoms with Gasteiger partial charge in [-0.25, -0.2) is 0 Å². The van der Waals surface area contributed by atoms with Crippen LogP contribution < -0.4 is 16.0 Å². The summed E-state index contributed by atoms with van der Waals surface area (Å²) in [6, 6.07) is 7.19. The van der Waals surface area contributed by atoms with E-state index < -0.39 is 0 Å². The number of hydrogen-bond donors (Lipinski definition) is 3. The van der Waals surface area contributed by atoms with Crippen molar-refractivity contribution < 1.29 is 9.53 Å². The molecule has 0 spiro atoms. The first-order valence-electron chi connectivity index (χ1n) is 6.59. The maximum absolute atomic E-state index is 11.8. The predicted octanol–water partition coefficient (Wildman–Crippen LogP) is 1.76. The Balaban J connectivity index is 2.45. The average Bonchev–Trinajstić information content (AvgIpc) is 2.44. The lowest BCUT2D eigenvalue weighted by atomic mass is 10.2. The molecule has 1 aromatic carbocycles. The third-order valence-electron chi connectivity index (χ3n) is 2.55. The Morgan fingerprint density at radius 3 is 2.55 bits per heavy atom. The molecule has 1 amide bonds. The number of thiocarbonyl (C=S) groups is 1. The summed E-state index contributed by atoms with van der Waals surface area (Å²) >= 11 is 5.09. The fraction of sp³-hybridized carbons (Fsp3) is 0.429. The third-order valence-corrected chi connectivity index (χ3v) is 2.80. The number of hydrogen-bond acceptors (Lipinski definition) is 3. The molecule has 0 aliphatic carbocycles. The summed E-state index contributed by atoms with van der Waals surface area (Å²) in [5, 5.41) is 9.45. The van der Waals surface area contributed by atoms with Crippen molar-refractivity contribution in [3.8, 4) is 0 Å². The highest BCUT2D eigenvalue weighted by atomic mass is 32.1. The van der Waals surface area contributed by atoms with Crippen molar-refractivity contribution in [1.29, 1.82) is 0 Å².